The summed E-state index contributed by atoms with van der Waals surface area (Å²) < 4.78 is 11.3. The number of anilines is 1. The maximum Gasteiger partial charge on any atom is 0.266 e. The van der Waals surface area contributed by atoms with Crippen LogP contribution in [0.15, 0.2) is 42.5 Å². The molecule has 0 bridgehead atoms. The normalized spacial score (nSPS) is 16.7. The molecule has 1 saturated heterocycles. The van der Waals surface area contributed by atoms with Gasteiger partial charge in [0.05, 0.1) is 23.9 Å². The molecule has 2 aromatic carbocycles. The van der Waals surface area contributed by atoms with Crippen LogP contribution in [0.1, 0.15) is 33.6 Å². The summed E-state index contributed by atoms with van der Waals surface area (Å²) in [4.78, 5) is 28.8. The molecule has 2 aliphatic heterocycles. The van der Waals surface area contributed by atoms with Crippen molar-refractivity contribution in [2.24, 2.45) is 0 Å². The Balaban J connectivity index is 1.51. The number of imide groups is 1. The van der Waals surface area contributed by atoms with Gasteiger partial charge in [-0.2, -0.15) is 0 Å². The number of amides is 2. The molecule has 0 aliphatic carbocycles. The Morgan fingerprint density at radius 3 is 2.22 bits per heavy atom. The van der Waals surface area contributed by atoms with E-state index in [-0.39, 0.29) is 11.8 Å². The van der Waals surface area contributed by atoms with E-state index in [9.17, 15) is 9.59 Å². The second-order valence-electron chi connectivity index (χ2n) is 6.72. The third-order valence-electron chi connectivity index (χ3n) is 5.06. The van der Waals surface area contributed by atoms with Gasteiger partial charge in [-0.15, -0.1) is 0 Å². The van der Waals surface area contributed by atoms with Gasteiger partial charge in [0, 0.05) is 12.6 Å². The molecule has 1 fully saturated rings. The summed E-state index contributed by atoms with van der Waals surface area (Å²) in [7, 11) is 1.55. The molecule has 0 aromatic heterocycles. The summed E-state index contributed by atoms with van der Waals surface area (Å²) in [5.41, 5.74) is 1.32. The Kier molecular flexibility index (Phi) is 4.81. The number of carbonyl (C=O) groups excluding carboxylic acids is 2. The average Bonchev–Trinajstić information content (AvgIpc) is 3.30. The predicted octanol–water partition coefficient (Wildman–Crippen LogP) is 2.97. The highest BCUT2D eigenvalue weighted by atomic mass is 16.5. The van der Waals surface area contributed by atoms with E-state index in [0.29, 0.717) is 34.9 Å². The van der Waals surface area contributed by atoms with Gasteiger partial charge in [0.15, 0.2) is 11.5 Å². The minimum atomic E-state index is -0.319. The van der Waals surface area contributed by atoms with Crippen molar-refractivity contribution < 1.29 is 19.1 Å². The molecular formula is C21H22N2O4. The number of carbonyl (C=O) groups is 2. The lowest BCUT2D eigenvalue weighted by Crippen LogP contribution is -2.29. The summed E-state index contributed by atoms with van der Waals surface area (Å²) in [6.45, 7) is 3.70. The first-order valence-electron chi connectivity index (χ1n) is 9.20. The number of hydrogen-bond acceptors (Lipinski definition) is 5. The van der Waals surface area contributed by atoms with Crippen molar-refractivity contribution >= 4 is 17.5 Å². The average molecular weight is 366 g/mol. The Morgan fingerprint density at radius 1 is 0.926 bits per heavy atom. The highest BCUT2D eigenvalue weighted by Gasteiger charge is 2.36. The molecule has 0 N–H and O–H groups in total. The number of likely N-dealkylation sites (tertiary alicyclic amines) is 1. The van der Waals surface area contributed by atoms with E-state index in [1.165, 1.54) is 17.7 Å². The van der Waals surface area contributed by atoms with Gasteiger partial charge in [-0.25, -0.2) is 4.90 Å². The smallest absolute Gasteiger partial charge is 0.266 e. The van der Waals surface area contributed by atoms with Crippen LogP contribution in [0.25, 0.3) is 0 Å². The quantitative estimate of drug-likeness (QED) is 0.736. The van der Waals surface area contributed by atoms with E-state index in [1.807, 2.05) is 0 Å². The summed E-state index contributed by atoms with van der Waals surface area (Å²) >= 11 is 0. The number of ether oxygens (including phenoxy) is 2. The van der Waals surface area contributed by atoms with Gasteiger partial charge < -0.3 is 9.47 Å². The lowest BCUT2D eigenvalue weighted by Gasteiger charge is -2.18. The summed E-state index contributed by atoms with van der Waals surface area (Å²) in [5, 5.41) is 0. The summed E-state index contributed by atoms with van der Waals surface area (Å²) in [5.74, 6) is 0.475. The highest BCUT2D eigenvalue weighted by Crippen LogP contribution is 2.35. The lowest BCUT2D eigenvalue weighted by atomic mass is 10.1. The molecule has 6 nitrogen and oxygen atoms in total. The summed E-state index contributed by atoms with van der Waals surface area (Å²) in [6, 6.07) is 12.0. The molecular weight excluding hydrogens is 344 g/mol. The molecule has 0 spiro atoms. The van der Waals surface area contributed by atoms with Crippen molar-refractivity contribution in [3.63, 3.8) is 0 Å². The van der Waals surface area contributed by atoms with Crippen LogP contribution in [-0.4, -0.2) is 50.1 Å². The fraction of sp³-hybridized carbons (Fsp3) is 0.333. The minimum absolute atomic E-state index is 0.319. The number of fused-ring (bicyclic) bond motifs is 1. The van der Waals surface area contributed by atoms with Crippen molar-refractivity contribution in [1.29, 1.82) is 0 Å². The van der Waals surface area contributed by atoms with E-state index >= 15 is 0 Å². The first kappa shape index (κ1) is 17.5. The number of nitrogens with zero attached hydrogens (tertiary/aromatic N) is 2. The lowest BCUT2D eigenvalue weighted by molar-refractivity contribution is 0.0926. The van der Waals surface area contributed by atoms with Crippen LogP contribution in [0, 0.1) is 0 Å². The van der Waals surface area contributed by atoms with Crippen LogP contribution in [0.3, 0.4) is 0 Å². The van der Waals surface area contributed by atoms with Crippen molar-refractivity contribution in [2.75, 3.05) is 38.3 Å². The zero-order valence-corrected chi connectivity index (χ0v) is 15.3. The van der Waals surface area contributed by atoms with E-state index in [1.54, 1.807) is 49.6 Å². The van der Waals surface area contributed by atoms with Crippen LogP contribution in [0.5, 0.6) is 11.5 Å². The molecule has 0 atom stereocenters. The molecule has 2 aromatic rings. The fourth-order valence-corrected chi connectivity index (χ4v) is 3.63. The fourth-order valence-electron chi connectivity index (χ4n) is 3.63. The molecule has 2 heterocycles. The van der Waals surface area contributed by atoms with Gasteiger partial charge in [-0.05, 0) is 50.2 Å². The maximum absolute atomic E-state index is 12.6. The van der Waals surface area contributed by atoms with Crippen LogP contribution in [0.2, 0.25) is 0 Å². The molecule has 2 amide bonds. The van der Waals surface area contributed by atoms with Crippen molar-refractivity contribution in [1.82, 2.24) is 4.90 Å². The van der Waals surface area contributed by atoms with Gasteiger partial charge in [0.1, 0.15) is 6.61 Å². The second-order valence-corrected chi connectivity index (χ2v) is 6.72. The van der Waals surface area contributed by atoms with E-state index < -0.39 is 0 Å². The van der Waals surface area contributed by atoms with E-state index in [0.717, 1.165) is 19.6 Å². The molecule has 4 rings (SSSR count). The SMILES string of the molecule is COc1cc(N2C(=O)c3ccccc3C2=O)ccc1OCCN1CCCC1. The number of benzene rings is 2. The molecule has 0 radical (unpaired) electrons. The molecule has 140 valence electrons. The second kappa shape index (κ2) is 7.40. The van der Waals surface area contributed by atoms with Gasteiger partial charge >= 0.3 is 0 Å². The topological polar surface area (TPSA) is 59.1 Å². The molecule has 0 unspecified atom stereocenters. The number of rotatable bonds is 6. The number of hydrogen-bond donors (Lipinski definition) is 0. The van der Waals surface area contributed by atoms with Gasteiger partial charge in [0.2, 0.25) is 0 Å². The molecule has 6 heteroatoms. The Hall–Kier alpha value is -2.86. The van der Waals surface area contributed by atoms with Crippen molar-refractivity contribution in [2.45, 2.75) is 12.8 Å². The van der Waals surface area contributed by atoms with Gasteiger partial charge in [0.25, 0.3) is 11.8 Å². The zero-order valence-electron chi connectivity index (χ0n) is 15.3. The molecule has 27 heavy (non-hydrogen) atoms. The van der Waals surface area contributed by atoms with Crippen LogP contribution in [0.4, 0.5) is 5.69 Å². The third kappa shape index (κ3) is 3.28. The van der Waals surface area contributed by atoms with Crippen molar-refractivity contribution in [3.8, 4) is 11.5 Å². The first-order valence-corrected chi connectivity index (χ1v) is 9.20. The highest BCUT2D eigenvalue weighted by molar-refractivity contribution is 6.34. The van der Waals surface area contributed by atoms with Gasteiger partial charge in [-0.1, -0.05) is 12.1 Å². The van der Waals surface area contributed by atoms with Crippen molar-refractivity contribution in [3.05, 3.63) is 53.6 Å². The third-order valence-corrected chi connectivity index (χ3v) is 5.06. The Labute approximate surface area is 158 Å². The van der Waals surface area contributed by atoms with E-state index in [2.05, 4.69) is 4.90 Å². The Bertz CT molecular complexity index is 839. The maximum atomic E-state index is 12.6. The van der Waals surface area contributed by atoms with E-state index in [4.69, 9.17) is 9.47 Å². The van der Waals surface area contributed by atoms with Crippen LogP contribution in [-0.2, 0) is 0 Å². The van der Waals surface area contributed by atoms with Crippen LogP contribution >= 0.6 is 0 Å². The predicted molar refractivity (Wildman–Crippen MR) is 102 cm³/mol. The summed E-state index contributed by atoms with van der Waals surface area (Å²) in [6.07, 6.45) is 2.50. The minimum Gasteiger partial charge on any atom is -0.493 e. The Morgan fingerprint density at radius 2 is 1.59 bits per heavy atom. The van der Waals surface area contributed by atoms with Crippen LogP contribution < -0.4 is 14.4 Å². The zero-order chi connectivity index (χ0) is 18.8. The standard InChI is InChI=1S/C21H22N2O4/c1-26-19-14-15(8-9-18(19)27-13-12-22-10-4-5-11-22)23-20(24)16-6-2-3-7-17(16)21(23)25/h2-3,6-9,14H,4-5,10-13H2,1H3. The molecule has 2 aliphatic rings. The number of methoxy groups -OCH3 is 1. The molecule has 0 saturated carbocycles. The monoisotopic (exact) mass is 366 g/mol. The van der Waals surface area contributed by atoms with Gasteiger partial charge in [-0.3, -0.25) is 14.5 Å². The largest absolute Gasteiger partial charge is 0.493 e. The first-order chi connectivity index (χ1) is 13.2.